The second kappa shape index (κ2) is 6.57. The van der Waals surface area contributed by atoms with E-state index in [-0.39, 0.29) is 0 Å². The van der Waals surface area contributed by atoms with Crippen LogP contribution in [0.15, 0.2) is 12.3 Å². The van der Waals surface area contributed by atoms with Crippen LogP contribution in [0.5, 0.6) is 0 Å². The summed E-state index contributed by atoms with van der Waals surface area (Å²) in [4.78, 5) is 9.49. The van der Waals surface area contributed by atoms with E-state index in [2.05, 4.69) is 28.8 Å². The molecule has 3 rings (SSSR count). The van der Waals surface area contributed by atoms with Crippen molar-refractivity contribution >= 4 is 34.5 Å². The zero-order valence-electron chi connectivity index (χ0n) is 12.7. The molecule has 2 aromatic heterocycles. The van der Waals surface area contributed by atoms with E-state index in [0.717, 1.165) is 29.0 Å². The maximum atomic E-state index is 6.00. The van der Waals surface area contributed by atoms with Gasteiger partial charge in [-0.15, -0.1) is 11.6 Å². The average Bonchev–Trinajstić information content (AvgIpc) is 2.84. The largest absolute Gasteiger partial charge is 0.308 e. The molecule has 0 aliphatic heterocycles. The first-order valence-corrected chi connectivity index (χ1v) is 9.49. The summed E-state index contributed by atoms with van der Waals surface area (Å²) in [6.07, 6.45) is 10.1. The molecule has 0 aromatic carbocycles. The summed E-state index contributed by atoms with van der Waals surface area (Å²) in [5.74, 6) is 1.71. The van der Waals surface area contributed by atoms with Crippen molar-refractivity contribution in [2.75, 3.05) is 12.1 Å². The van der Waals surface area contributed by atoms with Crippen LogP contribution in [0.4, 0.5) is 0 Å². The third kappa shape index (κ3) is 2.93. The summed E-state index contributed by atoms with van der Waals surface area (Å²) in [5.41, 5.74) is 3.21. The van der Waals surface area contributed by atoms with Crippen LogP contribution in [0.1, 0.15) is 43.1 Å². The van der Waals surface area contributed by atoms with Gasteiger partial charge in [-0.1, -0.05) is 12.8 Å². The fraction of sp³-hybridized carbons (Fsp3) is 0.625. The second-order valence-corrected chi connectivity index (χ2v) is 7.27. The van der Waals surface area contributed by atoms with E-state index in [0.29, 0.717) is 17.2 Å². The smallest absolute Gasteiger partial charge is 0.160 e. The molecule has 1 fully saturated rings. The quantitative estimate of drug-likeness (QED) is 0.783. The van der Waals surface area contributed by atoms with Crippen LogP contribution in [-0.2, 0) is 6.42 Å². The molecule has 0 N–H and O–H groups in total. The second-order valence-electron chi connectivity index (χ2n) is 5.82. The Bertz CT molecular complexity index is 625. The summed E-state index contributed by atoms with van der Waals surface area (Å²) < 4.78 is 2.39. The third-order valence-electron chi connectivity index (χ3n) is 4.36. The Kier molecular flexibility index (Phi) is 4.75. The Labute approximate surface area is 135 Å². The molecular weight excluding hydrogens is 302 g/mol. The summed E-state index contributed by atoms with van der Waals surface area (Å²) in [5, 5.41) is 0.660. The van der Waals surface area contributed by atoms with Gasteiger partial charge in [-0.2, -0.15) is 11.8 Å². The van der Waals surface area contributed by atoms with E-state index >= 15 is 0 Å². The number of halogens is 1. The summed E-state index contributed by atoms with van der Waals surface area (Å²) in [7, 11) is 0. The first-order chi connectivity index (χ1) is 10.2. The predicted molar refractivity (Wildman–Crippen MR) is 91.5 cm³/mol. The average molecular weight is 324 g/mol. The minimum atomic E-state index is 0.507. The number of hydrogen-bond acceptors (Lipinski definition) is 3. The van der Waals surface area contributed by atoms with Gasteiger partial charge in [0.1, 0.15) is 11.3 Å². The van der Waals surface area contributed by atoms with Gasteiger partial charge in [0.05, 0.1) is 0 Å². The molecule has 0 saturated heterocycles. The van der Waals surface area contributed by atoms with Gasteiger partial charge in [0.15, 0.2) is 5.65 Å². The van der Waals surface area contributed by atoms with E-state index in [1.165, 1.54) is 25.7 Å². The van der Waals surface area contributed by atoms with Gasteiger partial charge < -0.3 is 4.57 Å². The molecule has 3 nitrogen and oxygen atoms in total. The molecule has 0 amide bonds. The molecule has 1 saturated carbocycles. The topological polar surface area (TPSA) is 30.7 Å². The number of imidazole rings is 1. The summed E-state index contributed by atoms with van der Waals surface area (Å²) >= 11 is 7.98. The fourth-order valence-electron chi connectivity index (χ4n) is 3.39. The van der Waals surface area contributed by atoms with Crippen LogP contribution in [0.2, 0.25) is 0 Å². The van der Waals surface area contributed by atoms with E-state index in [1.54, 1.807) is 0 Å². The summed E-state index contributed by atoms with van der Waals surface area (Å²) in [6.45, 7) is 2.07. The van der Waals surface area contributed by atoms with Crippen molar-refractivity contribution in [2.24, 2.45) is 0 Å². The Hall–Kier alpha value is -0.740. The lowest BCUT2D eigenvalue weighted by Gasteiger charge is -2.32. The van der Waals surface area contributed by atoms with Crippen LogP contribution in [0, 0.1) is 6.92 Å². The van der Waals surface area contributed by atoms with E-state index in [9.17, 15) is 0 Å². The number of nitrogens with zero attached hydrogens (tertiary/aromatic N) is 3. The molecule has 1 aliphatic carbocycles. The van der Waals surface area contributed by atoms with Crippen molar-refractivity contribution in [2.45, 2.75) is 50.3 Å². The molecule has 2 aromatic rings. The van der Waals surface area contributed by atoms with Gasteiger partial charge in [-0.05, 0) is 37.7 Å². The lowest BCUT2D eigenvalue weighted by molar-refractivity contribution is 0.363. The van der Waals surface area contributed by atoms with Crippen LogP contribution in [0.3, 0.4) is 0 Å². The molecule has 2 atom stereocenters. The Balaban J connectivity index is 2.11. The number of aryl methyl sites for hydroxylation is 2. The molecule has 114 valence electrons. The number of fused-ring (bicyclic) bond motifs is 1. The Morgan fingerprint density at radius 3 is 2.95 bits per heavy atom. The number of thioether (sulfide) groups is 1. The van der Waals surface area contributed by atoms with Crippen molar-refractivity contribution in [3.8, 4) is 0 Å². The van der Waals surface area contributed by atoms with Gasteiger partial charge in [0.25, 0.3) is 0 Å². The Morgan fingerprint density at radius 2 is 2.19 bits per heavy atom. The molecule has 2 unspecified atom stereocenters. The minimum absolute atomic E-state index is 0.507. The fourth-order valence-corrected chi connectivity index (χ4v) is 4.53. The highest BCUT2D eigenvalue weighted by molar-refractivity contribution is 7.99. The number of rotatable bonds is 4. The van der Waals surface area contributed by atoms with Gasteiger partial charge in [0.2, 0.25) is 0 Å². The molecule has 0 radical (unpaired) electrons. The van der Waals surface area contributed by atoms with Crippen LogP contribution >= 0.6 is 23.4 Å². The number of hydrogen-bond donors (Lipinski definition) is 0. The molecule has 0 spiro atoms. The van der Waals surface area contributed by atoms with Crippen LogP contribution in [0.25, 0.3) is 11.2 Å². The molecule has 21 heavy (non-hydrogen) atoms. The zero-order valence-corrected chi connectivity index (χ0v) is 14.3. The van der Waals surface area contributed by atoms with Crippen molar-refractivity contribution in [1.82, 2.24) is 14.5 Å². The van der Waals surface area contributed by atoms with Crippen molar-refractivity contribution < 1.29 is 0 Å². The molecule has 0 bridgehead atoms. The maximum Gasteiger partial charge on any atom is 0.160 e. The van der Waals surface area contributed by atoms with Gasteiger partial charge >= 0.3 is 0 Å². The lowest BCUT2D eigenvalue weighted by atomic mass is 9.94. The maximum absolute atomic E-state index is 6.00. The molecular formula is C16H22ClN3S. The summed E-state index contributed by atoms with van der Waals surface area (Å²) in [6, 6.07) is 2.64. The highest BCUT2D eigenvalue weighted by Gasteiger charge is 2.29. The van der Waals surface area contributed by atoms with Crippen LogP contribution in [-0.4, -0.2) is 31.9 Å². The van der Waals surface area contributed by atoms with Gasteiger partial charge in [-0.3, -0.25) is 0 Å². The number of pyridine rings is 1. The van der Waals surface area contributed by atoms with Crippen molar-refractivity contribution in [1.29, 1.82) is 0 Å². The monoisotopic (exact) mass is 323 g/mol. The van der Waals surface area contributed by atoms with E-state index < -0.39 is 0 Å². The number of alkyl halides is 1. The molecule has 5 heteroatoms. The van der Waals surface area contributed by atoms with E-state index in [4.69, 9.17) is 16.6 Å². The SMILES string of the molecule is CSC1CCCCC1n1c(CCCl)nc2cc(C)cnc21. The van der Waals surface area contributed by atoms with Crippen molar-refractivity contribution in [3.05, 3.63) is 23.7 Å². The minimum Gasteiger partial charge on any atom is -0.308 e. The van der Waals surface area contributed by atoms with Gasteiger partial charge in [0, 0.05) is 29.8 Å². The molecule has 2 heterocycles. The highest BCUT2D eigenvalue weighted by atomic mass is 35.5. The van der Waals surface area contributed by atoms with Gasteiger partial charge in [-0.25, -0.2) is 9.97 Å². The highest BCUT2D eigenvalue weighted by Crippen LogP contribution is 2.38. The predicted octanol–water partition coefficient (Wildman–Crippen LogP) is 4.37. The third-order valence-corrected chi connectivity index (χ3v) is 5.70. The Morgan fingerprint density at radius 1 is 1.38 bits per heavy atom. The number of aromatic nitrogens is 3. The normalized spacial score (nSPS) is 22.8. The zero-order chi connectivity index (χ0) is 14.8. The van der Waals surface area contributed by atoms with Crippen molar-refractivity contribution in [3.63, 3.8) is 0 Å². The first-order valence-electron chi connectivity index (χ1n) is 7.67. The first kappa shape index (κ1) is 15.2. The molecule has 1 aliphatic rings. The van der Waals surface area contributed by atoms with Crippen LogP contribution < -0.4 is 0 Å². The van der Waals surface area contributed by atoms with E-state index in [1.807, 2.05) is 18.0 Å². The lowest BCUT2D eigenvalue weighted by Crippen LogP contribution is -2.27. The standard InChI is InChI=1S/C16H22ClN3S/c1-11-9-12-16(18-10-11)20(15(19-12)7-8-17)13-5-3-4-6-14(13)21-2/h9-10,13-14H,3-8H2,1-2H3.